The molecule has 1 N–H and O–H groups in total. The molecule has 0 radical (unpaired) electrons. The standard InChI is InChI=1S/C29H46O7/c1-7-8-9-10-11-15-23(30)34-22-16-17-28(5)26(35-28)25(31)24-21(4)27(32)36-29(24,33-6)18-19(2)13-12-14-20(22)3/h13,20,22,25-26,31H,7-12,14-18H2,1-6H3/b19-13+/t20-,22+,25+,26+,28+,29-/m1/s1. The molecule has 7 nitrogen and oxygen atoms in total. The van der Waals surface area contributed by atoms with Crippen molar-refractivity contribution < 1.29 is 33.6 Å². The summed E-state index contributed by atoms with van der Waals surface area (Å²) in [6, 6.07) is 0. The third-order valence-corrected chi connectivity index (χ3v) is 8.18. The lowest BCUT2D eigenvalue weighted by Crippen LogP contribution is -2.41. The maximum Gasteiger partial charge on any atom is 0.336 e. The van der Waals surface area contributed by atoms with E-state index in [1.165, 1.54) is 20.0 Å². The number of fused-ring (bicyclic) bond motifs is 2. The molecule has 204 valence electrons. The molecule has 0 bridgehead atoms. The van der Waals surface area contributed by atoms with Crippen molar-refractivity contribution in [2.45, 2.75) is 135 Å². The number of rotatable bonds is 8. The second-order valence-corrected chi connectivity index (χ2v) is 11.2. The molecule has 1 aliphatic carbocycles. The van der Waals surface area contributed by atoms with Crippen LogP contribution in [0.2, 0.25) is 0 Å². The minimum Gasteiger partial charge on any atom is -0.462 e. The predicted octanol–water partition coefficient (Wildman–Crippen LogP) is 5.54. The Labute approximate surface area is 216 Å². The van der Waals surface area contributed by atoms with Crippen LogP contribution in [-0.2, 0) is 28.5 Å². The number of unbranched alkanes of at least 4 members (excludes halogenated alkanes) is 4. The summed E-state index contributed by atoms with van der Waals surface area (Å²) in [7, 11) is 1.51. The van der Waals surface area contributed by atoms with Gasteiger partial charge in [-0.3, -0.25) is 4.79 Å². The molecular weight excluding hydrogens is 460 g/mol. The summed E-state index contributed by atoms with van der Waals surface area (Å²) in [5.41, 5.74) is 1.26. The molecule has 0 aromatic carbocycles. The highest BCUT2D eigenvalue weighted by atomic mass is 16.7. The molecule has 3 rings (SSSR count). The first-order valence-corrected chi connectivity index (χ1v) is 13.8. The van der Waals surface area contributed by atoms with Gasteiger partial charge in [-0.2, -0.15) is 0 Å². The van der Waals surface area contributed by atoms with Gasteiger partial charge >= 0.3 is 11.9 Å². The van der Waals surface area contributed by atoms with Crippen LogP contribution in [0.4, 0.5) is 0 Å². The molecule has 0 unspecified atom stereocenters. The first kappa shape index (κ1) is 28.9. The van der Waals surface area contributed by atoms with E-state index in [2.05, 4.69) is 19.9 Å². The van der Waals surface area contributed by atoms with Crippen molar-refractivity contribution in [1.82, 2.24) is 0 Å². The lowest BCUT2D eigenvalue weighted by Gasteiger charge is -2.32. The fourth-order valence-corrected chi connectivity index (χ4v) is 5.69. The topological polar surface area (TPSA) is 94.6 Å². The largest absolute Gasteiger partial charge is 0.462 e. The molecule has 7 heteroatoms. The van der Waals surface area contributed by atoms with E-state index in [1.807, 2.05) is 13.8 Å². The lowest BCUT2D eigenvalue weighted by atomic mass is 9.84. The van der Waals surface area contributed by atoms with E-state index < -0.39 is 29.6 Å². The maximum atomic E-state index is 12.6. The zero-order valence-corrected chi connectivity index (χ0v) is 23.1. The number of epoxide rings is 1. The van der Waals surface area contributed by atoms with Crippen molar-refractivity contribution >= 4 is 11.9 Å². The Morgan fingerprint density at radius 1 is 1.19 bits per heavy atom. The smallest absolute Gasteiger partial charge is 0.336 e. The first-order valence-electron chi connectivity index (χ1n) is 13.8. The second-order valence-electron chi connectivity index (χ2n) is 11.2. The molecule has 1 fully saturated rings. The van der Waals surface area contributed by atoms with Gasteiger partial charge in [0.25, 0.3) is 0 Å². The summed E-state index contributed by atoms with van der Waals surface area (Å²) in [6.45, 7) is 9.94. The van der Waals surface area contributed by atoms with Crippen LogP contribution in [0.1, 0.15) is 105 Å². The summed E-state index contributed by atoms with van der Waals surface area (Å²) in [5.74, 6) is -1.73. The quantitative estimate of drug-likeness (QED) is 0.200. The fraction of sp³-hybridized carbons (Fsp3) is 0.793. The Hall–Kier alpha value is -1.70. The van der Waals surface area contributed by atoms with Crippen LogP contribution in [0.3, 0.4) is 0 Å². The minimum absolute atomic E-state index is 0.123. The molecule has 2 aliphatic heterocycles. The number of esters is 2. The fourth-order valence-electron chi connectivity index (χ4n) is 5.69. The van der Waals surface area contributed by atoms with Gasteiger partial charge in [-0.05, 0) is 58.8 Å². The van der Waals surface area contributed by atoms with Gasteiger partial charge in [0.1, 0.15) is 18.3 Å². The SMILES string of the molecule is CCCCCCCC(=O)O[C@H]1CC[C@]2(C)O[C@H]2[C@@H](O)C2=C(C)C(=O)O[C@]2(OC)C/C(C)=C/CC[C@H]1C. The third kappa shape index (κ3) is 6.59. The zero-order valence-electron chi connectivity index (χ0n) is 23.1. The molecule has 0 spiro atoms. The molecule has 2 heterocycles. The van der Waals surface area contributed by atoms with Crippen LogP contribution < -0.4 is 0 Å². The van der Waals surface area contributed by atoms with Gasteiger partial charge < -0.3 is 24.1 Å². The normalized spacial score (nSPS) is 36.8. The molecule has 3 aliphatic rings. The Kier molecular flexibility index (Phi) is 9.81. The molecule has 36 heavy (non-hydrogen) atoms. The highest BCUT2D eigenvalue weighted by Crippen LogP contribution is 2.50. The van der Waals surface area contributed by atoms with E-state index in [9.17, 15) is 14.7 Å². The van der Waals surface area contributed by atoms with Gasteiger partial charge in [0, 0.05) is 31.1 Å². The van der Waals surface area contributed by atoms with Gasteiger partial charge in [0.15, 0.2) is 0 Å². The molecule has 0 saturated carbocycles. The number of aliphatic hydroxyl groups excluding tert-OH is 1. The number of aliphatic hydroxyl groups is 1. The first-order chi connectivity index (χ1) is 17.1. The third-order valence-electron chi connectivity index (χ3n) is 8.18. The van der Waals surface area contributed by atoms with Crippen LogP contribution in [0.15, 0.2) is 22.8 Å². The molecule has 0 aromatic rings. The van der Waals surface area contributed by atoms with Crippen molar-refractivity contribution in [3.63, 3.8) is 0 Å². The summed E-state index contributed by atoms with van der Waals surface area (Å²) >= 11 is 0. The van der Waals surface area contributed by atoms with Gasteiger partial charge in [-0.25, -0.2) is 4.79 Å². The molecule has 1 saturated heterocycles. The Bertz CT molecular complexity index is 862. The highest BCUT2D eigenvalue weighted by Gasteiger charge is 2.61. The number of allylic oxidation sites excluding steroid dienone is 1. The van der Waals surface area contributed by atoms with Crippen molar-refractivity contribution in [3.05, 3.63) is 22.8 Å². The Morgan fingerprint density at radius 2 is 1.92 bits per heavy atom. The van der Waals surface area contributed by atoms with E-state index in [0.717, 1.165) is 37.7 Å². The Morgan fingerprint density at radius 3 is 2.61 bits per heavy atom. The molecule has 6 atom stereocenters. The van der Waals surface area contributed by atoms with Crippen molar-refractivity contribution in [3.8, 4) is 0 Å². The summed E-state index contributed by atoms with van der Waals surface area (Å²) in [5, 5.41) is 11.4. The summed E-state index contributed by atoms with van der Waals surface area (Å²) in [6.07, 6.45) is 9.67. The van der Waals surface area contributed by atoms with E-state index in [0.29, 0.717) is 36.8 Å². The van der Waals surface area contributed by atoms with Crippen LogP contribution in [0.5, 0.6) is 0 Å². The van der Waals surface area contributed by atoms with Crippen LogP contribution in [0, 0.1) is 5.92 Å². The van der Waals surface area contributed by atoms with E-state index >= 15 is 0 Å². The van der Waals surface area contributed by atoms with Crippen molar-refractivity contribution in [2.24, 2.45) is 5.92 Å². The number of methoxy groups -OCH3 is 1. The van der Waals surface area contributed by atoms with E-state index in [-0.39, 0.29) is 18.0 Å². The predicted molar refractivity (Wildman–Crippen MR) is 137 cm³/mol. The van der Waals surface area contributed by atoms with E-state index in [1.54, 1.807) is 6.92 Å². The maximum absolute atomic E-state index is 12.6. The molecule has 0 aromatic heterocycles. The zero-order chi connectivity index (χ0) is 26.5. The summed E-state index contributed by atoms with van der Waals surface area (Å²) < 4.78 is 23.5. The Balaban J connectivity index is 1.76. The summed E-state index contributed by atoms with van der Waals surface area (Å²) in [4.78, 5) is 25.2. The molecule has 0 amide bonds. The van der Waals surface area contributed by atoms with Gasteiger partial charge in [-0.15, -0.1) is 0 Å². The number of ether oxygens (including phenoxy) is 4. The average Bonchev–Trinajstić information content (AvgIpc) is 3.44. The van der Waals surface area contributed by atoms with Crippen LogP contribution in [0.25, 0.3) is 0 Å². The van der Waals surface area contributed by atoms with Crippen LogP contribution in [-0.4, -0.2) is 53.9 Å². The number of carbonyl (C=O) groups excluding carboxylic acids is 2. The van der Waals surface area contributed by atoms with Gasteiger partial charge in [0.05, 0.1) is 5.60 Å². The van der Waals surface area contributed by atoms with Gasteiger partial charge in [-0.1, -0.05) is 51.2 Å². The van der Waals surface area contributed by atoms with Crippen LogP contribution >= 0.6 is 0 Å². The highest BCUT2D eigenvalue weighted by molar-refractivity contribution is 5.92. The van der Waals surface area contributed by atoms with E-state index in [4.69, 9.17) is 18.9 Å². The second kappa shape index (κ2) is 12.2. The minimum atomic E-state index is -1.32. The van der Waals surface area contributed by atoms with Gasteiger partial charge in [0.2, 0.25) is 5.79 Å². The van der Waals surface area contributed by atoms with Crippen molar-refractivity contribution in [2.75, 3.05) is 7.11 Å². The monoisotopic (exact) mass is 506 g/mol. The molecular formula is C29H46O7. The number of hydrogen-bond acceptors (Lipinski definition) is 7. The number of carbonyl (C=O) groups is 2. The lowest BCUT2D eigenvalue weighted by molar-refractivity contribution is -0.195. The van der Waals surface area contributed by atoms with Crippen molar-refractivity contribution in [1.29, 1.82) is 0 Å². The number of hydrogen-bond donors (Lipinski definition) is 1. The average molecular weight is 507 g/mol.